The molecule has 0 aliphatic heterocycles. The molecule has 1 heterocycles. The number of aromatic nitrogens is 2. The quantitative estimate of drug-likeness (QED) is 0.829. The first kappa shape index (κ1) is 11.3. The van der Waals surface area contributed by atoms with Gasteiger partial charge in [-0.1, -0.05) is 18.5 Å². The van der Waals surface area contributed by atoms with E-state index < -0.39 is 0 Å². The van der Waals surface area contributed by atoms with Crippen molar-refractivity contribution in [1.82, 2.24) is 9.97 Å². The fourth-order valence-corrected chi connectivity index (χ4v) is 2.66. The van der Waals surface area contributed by atoms with Crippen molar-refractivity contribution in [2.24, 2.45) is 0 Å². The van der Waals surface area contributed by atoms with Crippen LogP contribution in [0.1, 0.15) is 57.2 Å². The highest BCUT2D eigenvalue weighted by atomic mass is 35.5. The molecule has 0 spiro atoms. The monoisotopic (exact) mass is 251 g/mol. The van der Waals surface area contributed by atoms with Gasteiger partial charge in [0.05, 0.1) is 0 Å². The first-order chi connectivity index (χ1) is 8.21. The Hall–Kier alpha value is -0.830. The summed E-state index contributed by atoms with van der Waals surface area (Å²) in [6, 6.07) is 1.85. The lowest BCUT2D eigenvalue weighted by Gasteiger charge is -2.42. The Morgan fingerprint density at radius 2 is 2.18 bits per heavy atom. The predicted octanol–water partition coefficient (Wildman–Crippen LogP) is 3.75. The smallest absolute Gasteiger partial charge is 0.135 e. The summed E-state index contributed by atoms with van der Waals surface area (Å²) in [7, 11) is 0. The van der Waals surface area contributed by atoms with Gasteiger partial charge in [0.15, 0.2) is 0 Å². The number of halogens is 1. The third-order valence-electron chi connectivity index (χ3n) is 4.04. The highest BCUT2D eigenvalue weighted by Crippen LogP contribution is 2.40. The van der Waals surface area contributed by atoms with Crippen molar-refractivity contribution in [3.05, 3.63) is 17.0 Å². The third kappa shape index (κ3) is 2.25. The van der Waals surface area contributed by atoms with Crippen LogP contribution < -0.4 is 5.32 Å². The van der Waals surface area contributed by atoms with Gasteiger partial charge in [0.2, 0.25) is 0 Å². The van der Waals surface area contributed by atoms with Crippen LogP contribution in [-0.2, 0) is 0 Å². The van der Waals surface area contributed by atoms with Crippen molar-refractivity contribution in [3.8, 4) is 0 Å². The molecular weight excluding hydrogens is 234 g/mol. The molecule has 17 heavy (non-hydrogen) atoms. The summed E-state index contributed by atoms with van der Waals surface area (Å²) in [4.78, 5) is 8.91. The van der Waals surface area contributed by atoms with Crippen molar-refractivity contribution in [2.45, 2.75) is 56.9 Å². The number of nitrogens with zero attached hydrogens (tertiary/aromatic N) is 2. The Bertz CT molecular complexity index is 419. The van der Waals surface area contributed by atoms with E-state index in [1.54, 1.807) is 0 Å². The molecule has 0 atom stereocenters. The van der Waals surface area contributed by atoms with Crippen molar-refractivity contribution in [3.63, 3.8) is 0 Å². The van der Waals surface area contributed by atoms with Crippen molar-refractivity contribution >= 4 is 17.4 Å². The number of hydrogen-bond donors (Lipinski definition) is 1. The molecule has 1 N–H and O–H groups in total. The summed E-state index contributed by atoms with van der Waals surface area (Å²) in [6.45, 7) is 2.23. The molecule has 1 aromatic rings. The lowest BCUT2D eigenvalue weighted by atomic mass is 9.75. The van der Waals surface area contributed by atoms with Crippen LogP contribution in [0.4, 0.5) is 5.82 Å². The minimum Gasteiger partial charge on any atom is -0.364 e. The maximum atomic E-state index is 6.06. The van der Waals surface area contributed by atoms with Crippen molar-refractivity contribution in [1.29, 1.82) is 0 Å². The second-order valence-corrected chi connectivity index (χ2v) is 5.71. The van der Waals surface area contributed by atoms with E-state index in [1.165, 1.54) is 32.1 Å². The minimum absolute atomic E-state index is 0.262. The molecule has 2 saturated carbocycles. The van der Waals surface area contributed by atoms with E-state index in [0.717, 1.165) is 18.1 Å². The summed E-state index contributed by atoms with van der Waals surface area (Å²) in [6.07, 6.45) is 7.35. The van der Waals surface area contributed by atoms with E-state index in [2.05, 4.69) is 22.2 Å². The lowest BCUT2D eigenvalue weighted by Crippen LogP contribution is -2.44. The van der Waals surface area contributed by atoms with Crippen molar-refractivity contribution < 1.29 is 0 Å². The summed E-state index contributed by atoms with van der Waals surface area (Å²) in [5.41, 5.74) is 0.262. The fraction of sp³-hybridized carbons (Fsp3) is 0.692. The fourth-order valence-electron chi connectivity index (χ4n) is 2.47. The first-order valence-electron chi connectivity index (χ1n) is 6.53. The molecule has 0 radical (unpaired) electrons. The number of rotatable bonds is 4. The Balaban J connectivity index is 1.82. The molecule has 3 nitrogen and oxygen atoms in total. The van der Waals surface area contributed by atoms with Crippen LogP contribution in [0.15, 0.2) is 6.07 Å². The molecule has 0 unspecified atom stereocenters. The van der Waals surface area contributed by atoms with Crippen LogP contribution in [0.3, 0.4) is 0 Å². The van der Waals surface area contributed by atoms with Crippen LogP contribution in [-0.4, -0.2) is 15.5 Å². The van der Waals surface area contributed by atoms with E-state index in [-0.39, 0.29) is 5.54 Å². The van der Waals surface area contributed by atoms with E-state index in [4.69, 9.17) is 11.6 Å². The highest BCUT2D eigenvalue weighted by molar-refractivity contribution is 6.29. The van der Waals surface area contributed by atoms with Crippen LogP contribution in [0.2, 0.25) is 5.15 Å². The van der Waals surface area contributed by atoms with Gasteiger partial charge in [-0.15, -0.1) is 0 Å². The van der Waals surface area contributed by atoms with Gasteiger partial charge < -0.3 is 5.32 Å². The molecule has 1 aromatic heterocycles. The van der Waals surface area contributed by atoms with Gasteiger partial charge in [-0.05, 0) is 38.5 Å². The van der Waals surface area contributed by atoms with E-state index in [1.807, 2.05) is 6.07 Å². The Kier molecular flexibility index (Phi) is 2.74. The molecule has 2 aliphatic carbocycles. The highest BCUT2D eigenvalue weighted by Gasteiger charge is 2.35. The summed E-state index contributed by atoms with van der Waals surface area (Å²) >= 11 is 6.06. The number of hydrogen-bond acceptors (Lipinski definition) is 3. The summed E-state index contributed by atoms with van der Waals surface area (Å²) in [5.74, 6) is 2.38. The standard InChI is InChI=1S/C13H18ClN3/c1-2-13(6-3-7-13)17-11-8-10(14)15-12(16-11)9-4-5-9/h8-9H,2-7H2,1H3,(H,15,16,17). The molecule has 0 saturated heterocycles. The summed E-state index contributed by atoms with van der Waals surface area (Å²) < 4.78 is 0. The van der Waals surface area contributed by atoms with E-state index in [9.17, 15) is 0 Å². The Morgan fingerprint density at radius 1 is 1.41 bits per heavy atom. The SMILES string of the molecule is CCC1(Nc2cc(Cl)nc(C3CC3)n2)CCC1. The van der Waals surface area contributed by atoms with E-state index >= 15 is 0 Å². The zero-order chi connectivity index (χ0) is 11.9. The maximum Gasteiger partial charge on any atom is 0.135 e. The normalized spacial score (nSPS) is 22.0. The molecular formula is C13H18ClN3. The molecule has 0 amide bonds. The van der Waals surface area contributed by atoms with Gasteiger partial charge >= 0.3 is 0 Å². The second-order valence-electron chi connectivity index (χ2n) is 5.32. The topological polar surface area (TPSA) is 37.8 Å². The van der Waals surface area contributed by atoms with Gasteiger partial charge in [0, 0.05) is 17.5 Å². The average Bonchev–Trinajstić information content (AvgIpc) is 3.06. The van der Waals surface area contributed by atoms with Gasteiger partial charge in [0.1, 0.15) is 16.8 Å². The molecule has 92 valence electrons. The van der Waals surface area contributed by atoms with Crippen LogP contribution in [0.5, 0.6) is 0 Å². The first-order valence-corrected chi connectivity index (χ1v) is 6.91. The van der Waals surface area contributed by atoms with Crippen LogP contribution in [0.25, 0.3) is 0 Å². The lowest BCUT2D eigenvalue weighted by molar-refractivity contribution is 0.268. The zero-order valence-corrected chi connectivity index (χ0v) is 10.9. The largest absolute Gasteiger partial charge is 0.364 e. The summed E-state index contributed by atoms with van der Waals surface area (Å²) in [5, 5.41) is 4.13. The molecule has 2 aliphatic rings. The third-order valence-corrected chi connectivity index (χ3v) is 4.23. The molecule has 0 aromatic carbocycles. The van der Waals surface area contributed by atoms with Gasteiger partial charge in [-0.3, -0.25) is 0 Å². The minimum atomic E-state index is 0.262. The predicted molar refractivity (Wildman–Crippen MR) is 69.5 cm³/mol. The molecule has 2 fully saturated rings. The average molecular weight is 252 g/mol. The van der Waals surface area contributed by atoms with Crippen LogP contribution in [0, 0.1) is 0 Å². The second kappa shape index (κ2) is 4.13. The molecule has 3 rings (SSSR count). The Morgan fingerprint density at radius 3 is 2.71 bits per heavy atom. The van der Waals surface area contributed by atoms with E-state index in [0.29, 0.717) is 11.1 Å². The molecule has 4 heteroatoms. The maximum absolute atomic E-state index is 6.06. The van der Waals surface area contributed by atoms with Gasteiger partial charge in [-0.25, -0.2) is 9.97 Å². The Labute approximate surface area is 107 Å². The van der Waals surface area contributed by atoms with Gasteiger partial charge in [0.25, 0.3) is 0 Å². The molecule has 0 bridgehead atoms. The zero-order valence-electron chi connectivity index (χ0n) is 10.2. The number of nitrogens with one attached hydrogen (secondary N) is 1. The van der Waals surface area contributed by atoms with Gasteiger partial charge in [-0.2, -0.15) is 0 Å². The van der Waals surface area contributed by atoms with Crippen molar-refractivity contribution in [2.75, 3.05) is 5.32 Å². The number of anilines is 1. The van der Waals surface area contributed by atoms with Crippen LogP contribution >= 0.6 is 11.6 Å².